The lowest BCUT2D eigenvalue weighted by atomic mass is 10.2. The summed E-state index contributed by atoms with van der Waals surface area (Å²) in [5.41, 5.74) is 1.12. The first-order valence-corrected chi connectivity index (χ1v) is 6.13. The van der Waals surface area contributed by atoms with Crippen LogP contribution in [-0.4, -0.2) is 12.4 Å². The summed E-state index contributed by atoms with van der Waals surface area (Å²) in [4.78, 5) is 10.8. The molecule has 98 valence electrons. The summed E-state index contributed by atoms with van der Waals surface area (Å²) in [6.07, 6.45) is 0. The number of benzene rings is 2. The monoisotopic (exact) mass is 256 g/mol. The minimum Gasteiger partial charge on any atom is -0.489 e. The second kappa shape index (κ2) is 6.59. The number of rotatable bonds is 6. The highest BCUT2D eigenvalue weighted by Gasteiger charge is 1.99. The van der Waals surface area contributed by atoms with Crippen molar-refractivity contribution in [2.45, 2.75) is 13.5 Å². The molecule has 2 aromatic rings. The summed E-state index contributed by atoms with van der Waals surface area (Å²) in [5.74, 6) is 1.45. The molecule has 0 aliphatic rings. The van der Waals surface area contributed by atoms with Crippen LogP contribution in [0.3, 0.4) is 0 Å². The van der Waals surface area contributed by atoms with E-state index in [4.69, 9.17) is 9.47 Å². The molecule has 0 spiro atoms. The number of Topliss-reactive ketones (excluding diaryl/α,β-unsaturated/α-hetero) is 1. The van der Waals surface area contributed by atoms with Crippen molar-refractivity contribution in [1.82, 2.24) is 0 Å². The maximum absolute atomic E-state index is 10.8. The Morgan fingerprint density at radius 2 is 1.47 bits per heavy atom. The van der Waals surface area contributed by atoms with E-state index in [-0.39, 0.29) is 12.4 Å². The van der Waals surface area contributed by atoms with Crippen molar-refractivity contribution in [3.63, 3.8) is 0 Å². The predicted octanol–water partition coefficient (Wildman–Crippen LogP) is 3.23. The molecule has 0 saturated carbocycles. The Hall–Kier alpha value is -2.29. The number of ether oxygens (including phenoxy) is 2. The highest BCUT2D eigenvalue weighted by molar-refractivity contribution is 5.77. The van der Waals surface area contributed by atoms with E-state index in [0.717, 1.165) is 11.3 Å². The first kappa shape index (κ1) is 13.1. The molecule has 0 atom stereocenters. The zero-order valence-corrected chi connectivity index (χ0v) is 10.8. The largest absolute Gasteiger partial charge is 0.489 e. The van der Waals surface area contributed by atoms with Crippen molar-refractivity contribution in [1.29, 1.82) is 0 Å². The Bertz CT molecular complexity index is 517. The number of ketones is 1. The van der Waals surface area contributed by atoms with Crippen molar-refractivity contribution in [3.05, 3.63) is 60.2 Å². The van der Waals surface area contributed by atoms with Gasteiger partial charge in [-0.3, -0.25) is 4.79 Å². The molecule has 0 fully saturated rings. The Kier molecular flexibility index (Phi) is 4.56. The van der Waals surface area contributed by atoms with Gasteiger partial charge >= 0.3 is 0 Å². The van der Waals surface area contributed by atoms with Gasteiger partial charge in [-0.25, -0.2) is 0 Å². The molecule has 3 nitrogen and oxygen atoms in total. The second-order valence-electron chi connectivity index (χ2n) is 4.24. The lowest BCUT2D eigenvalue weighted by Crippen LogP contribution is -2.06. The van der Waals surface area contributed by atoms with Crippen LogP contribution in [0.1, 0.15) is 12.5 Å². The first-order chi connectivity index (χ1) is 9.24. The molecule has 2 rings (SSSR count). The quantitative estimate of drug-likeness (QED) is 0.796. The van der Waals surface area contributed by atoms with E-state index in [1.807, 2.05) is 42.5 Å². The van der Waals surface area contributed by atoms with E-state index in [1.165, 1.54) is 6.92 Å². The van der Waals surface area contributed by atoms with Crippen molar-refractivity contribution >= 4 is 5.78 Å². The van der Waals surface area contributed by atoms with Gasteiger partial charge in [0.15, 0.2) is 5.78 Å². The summed E-state index contributed by atoms with van der Waals surface area (Å²) in [7, 11) is 0. The van der Waals surface area contributed by atoms with Crippen molar-refractivity contribution in [3.8, 4) is 11.5 Å². The van der Waals surface area contributed by atoms with Crippen LogP contribution >= 0.6 is 0 Å². The molecule has 0 heterocycles. The van der Waals surface area contributed by atoms with Crippen LogP contribution < -0.4 is 9.47 Å². The Labute approximate surface area is 112 Å². The third-order valence-corrected chi connectivity index (χ3v) is 2.51. The Morgan fingerprint density at radius 3 is 2.05 bits per heavy atom. The van der Waals surface area contributed by atoms with Gasteiger partial charge in [0.2, 0.25) is 0 Å². The summed E-state index contributed by atoms with van der Waals surface area (Å²) in [5, 5.41) is 0. The molecule has 3 heteroatoms. The molecule has 0 radical (unpaired) electrons. The maximum Gasteiger partial charge on any atom is 0.167 e. The lowest BCUT2D eigenvalue weighted by molar-refractivity contribution is -0.118. The highest BCUT2D eigenvalue weighted by atomic mass is 16.5. The molecule has 2 aromatic carbocycles. The van der Waals surface area contributed by atoms with Gasteiger partial charge in [-0.2, -0.15) is 0 Å². The predicted molar refractivity (Wildman–Crippen MR) is 73.4 cm³/mol. The highest BCUT2D eigenvalue weighted by Crippen LogP contribution is 2.18. The van der Waals surface area contributed by atoms with Gasteiger partial charge < -0.3 is 9.47 Å². The Morgan fingerprint density at radius 1 is 0.895 bits per heavy atom. The summed E-state index contributed by atoms with van der Waals surface area (Å²) in [6.45, 7) is 2.13. The number of hydrogen-bond donors (Lipinski definition) is 0. The van der Waals surface area contributed by atoms with Gasteiger partial charge in [0, 0.05) is 0 Å². The van der Waals surface area contributed by atoms with Crippen LogP contribution in [-0.2, 0) is 11.4 Å². The molecule has 0 bridgehead atoms. The SMILES string of the molecule is CC(=O)COc1ccc(OCc2ccccc2)cc1. The number of carbonyl (C=O) groups is 1. The fraction of sp³-hybridized carbons (Fsp3) is 0.188. The molecule has 0 amide bonds. The zero-order valence-electron chi connectivity index (χ0n) is 10.8. The van der Waals surface area contributed by atoms with Crippen LogP contribution in [0.4, 0.5) is 0 Å². The van der Waals surface area contributed by atoms with Crippen molar-refractivity contribution < 1.29 is 14.3 Å². The number of hydrogen-bond acceptors (Lipinski definition) is 3. The van der Waals surface area contributed by atoms with Crippen LogP contribution in [0.2, 0.25) is 0 Å². The number of carbonyl (C=O) groups excluding carboxylic acids is 1. The van der Waals surface area contributed by atoms with E-state index in [1.54, 1.807) is 12.1 Å². The average molecular weight is 256 g/mol. The summed E-state index contributed by atoms with van der Waals surface area (Å²) < 4.78 is 10.9. The minimum absolute atomic E-state index is 0.00408. The van der Waals surface area contributed by atoms with Crippen LogP contribution in [0.15, 0.2) is 54.6 Å². The van der Waals surface area contributed by atoms with E-state index < -0.39 is 0 Å². The molecule has 0 aromatic heterocycles. The third-order valence-electron chi connectivity index (χ3n) is 2.51. The molecule has 19 heavy (non-hydrogen) atoms. The van der Waals surface area contributed by atoms with Crippen molar-refractivity contribution in [2.24, 2.45) is 0 Å². The van der Waals surface area contributed by atoms with Gasteiger partial charge in [-0.05, 0) is 36.8 Å². The lowest BCUT2D eigenvalue weighted by Gasteiger charge is -2.08. The van der Waals surface area contributed by atoms with E-state index in [9.17, 15) is 4.79 Å². The summed E-state index contributed by atoms with van der Waals surface area (Å²) >= 11 is 0. The fourth-order valence-electron chi connectivity index (χ4n) is 1.56. The minimum atomic E-state index is 0.00408. The molecular formula is C16H16O3. The second-order valence-corrected chi connectivity index (χ2v) is 4.24. The zero-order chi connectivity index (χ0) is 13.5. The molecule has 0 N–H and O–H groups in total. The topological polar surface area (TPSA) is 35.5 Å². The van der Waals surface area contributed by atoms with Crippen LogP contribution in [0, 0.1) is 0 Å². The third kappa shape index (κ3) is 4.47. The smallest absolute Gasteiger partial charge is 0.167 e. The Balaban J connectivity index is 1.86. The molecule has 0 aliphatic heterocycles. The van der Waals surface area contributed by atoms with E-state index in [0.29, 0.717) is 12.4 Å². The van der Waals surface area contributed by atoms with Crippen molar-refractivity contribution in [2.75, 3.05) is 6.61 Å². The summed E-state index contributed by atoms with van der Waals surface area (Å²) in [6, 6.07) is 17.2. The molecule has 0 unspecified atom stereocenters. The molecular weight excluding hydrogens is 240 g/mol. The fourth-order valence-corrected chi connectivity index (χ4v) is 1.56. The van der Waals surface area contributed by atoms with Crippen LogP contribution in [0.5, 0.6) is 11.5 Å². The van der Waals surface area contributed by atoms with Gasteiger partial charge in [0.25, 0.3) is 0 Å². The first-order valence-electron chi connectivity index (χ1n) is 6.13. The van der Waals surface area contributed by atoms with Crippen LogP contribution in [0.25, 0.3) is 0 Å². The van der Waals surface area contributed by atoms with Gasteiger partial charge in [0.05, 0.1) is 0 Å². The molecule has 0 aliphatic carbocycles. The standard InChI is InChI=1S/C16H16O3/c1-13(17)11-18-15-7-9-16(10-8-15)19-12-14-5-3-2-4-6-14/h2-10H,11-12H2,1H3. The van der Waals surface area contributed by atoms with Gasteiger partial charge in [0.1, 0.15) is 24.7 Å². The van der Waals surface area contributed by atoms with Gasteiger partial charge in [-0.1, -0.05) is 30.3 Å². The molecule has 0 saturated heterocycles. The average Bonchev–Trinajstić information content (AvgIpc) is 2.45. The maximum atomic E-state index is 10.8. The van der Waals surface area contributed by atoms with E-state index in [2.05, 4.69) is 0 Å². The van der Waals surface area contributed by atoms with E-state index >= 15 is 0 Å². The normalized spacial score (nSPS) is 9.95. The van der Waals surface area contributed by atoms with Gasteiger partial charge in [-0.15, -0.1) is 0 Å².